The van der Waals surface area contributed by atoms with E-state index in [1.165, 1.54) is 29.5 Å². The van der Waals surface area contributed by atoms with Gasteiger partial charge in [0.1, 0.15) is 17.7 Å². The van der Waals surface area contributed by atoms with Gasteiger partial charge in [0, 0.05) is 11.1 Å². The molecule has 2 aromatic carbocycles. The Labute approximate surface area is 156 Å². The number of H-pyrrole nitrogens is 1. The molecule has 0 aliphatic carbocycles. The van der Waals surface area contributed by atoms with Gasteiger partial charge in [-0.05, 0) is 35.7 Å². The number of nitrogens with one attached hydrogen (secondary N) is 2. The van der Waals surface area contributed by atoms with Gasteiger partial charge in [0.2, 0.25) is 0 Å². The second-order valence-electron chi connectivity index (χ2n) is 6.06. The molecule has 136 valence electrons. The topological polar surface area (TPSA) is 95.1 Å². The summed E-state index contributed by atoms with van der Waals surface area (Å²) in [6.45, 7) is 0. The van der Waals surface area contributed by atoms with Crippen LogP contribution in [0.2, 0.25) is 0 Å². The number of carbonyl (C=O) groups is 2. The number of halogens is 1. The van der Waals surface area contributed by atoms with Crippen LogP contribution in [0, 0.1) is 5.82 Å². The van der Waals surface area contributed by atoms with Gasteiger partial charge in [-0.15, -0.1) is 11.3 Å². The third-order valence-corrected chi connectivity index (χ3v) is 5.26. The highest BCUT2D eigenvalue weighted by atomic mass is 32.1. The fraction of sp³-hybridized carbons (Fsp3) is 0.105. The predicted octanol–water partition coefficient (Wildman–Crippen LogP) is 3.34. The van der Waals surface area contributed by atoms with Crippen molar-refractivity contribution in [1.29, 1.82) is 0 Å². The Bertz CT molecular complexity index is 1130. The number of rotatable bonds is 5. The van der Waals surface area contributed by atoms with E-state index in [2.05, 4.69) is 15.3 Å². The number of fused-ring (bicyclic) bond motifs is 2. The minimum atomic E-state index is -1.17. The summed E-state index contributed by atoms with van der Waals surface area (Å²) in [5.41, 5.74) is 1.01. The molecule has 0 saturated carbocycles. The zero-order valence-corrected chi connectivity index (χ0v) is 14.7. The van der Waals surface area contributed by atoms with E-state index >= 15 is 0 Å². The van der Waals surface area contributed by atoms with Crippen LogP contribution in [0.3, 0.4) is 0 Å². The van der Waals surface area contributed by atoms with E-state index in [-0.39, 0.29) is 6.42 Å². The van der Waals surface area contributed by atoms with Gasteiger partial charge in [-0.25, -0.2) is 14.2 Å². The van der Waals surface area contributed by atoms with E-state index in [1.54, 1.807) is 6.07 Å². The van der Waals surface area contributed by atoms with Crippen molar-refractivity contribution in [2.24, 2.45) is 0 Å². The first-order chi connectivity index (χ1) is 13.0. The summed E-state index contributed by atoms with van der Waals surface area (Å²) >= 11 is 1.30. The molecule has 1 amide bonds. The van der Waals surface area contributed by atoms with E-state index in [4.69, 9.17) is 0 Å². The van der Waals surface area contributed by atoms with Gasteiger partial charge < -0.3 is 15.4 Å². The molecule has 2 heterocycles. The maximum absolute atomic E-state index is 13.3. The third-order valence-electron chi connectivity index (χ3n) is 4.14. The van der Waals surface area contributed by atoms with Crippen LogP contribution in [-0.2, 0) is 11.2 Å². The van der Waals surface area contributed by atoms with Crippen molar-refractivity contribution in [3.05, 3.63) is 65.0 Å². The van der Waals surface area contributed by atoms with Crippen molar-refractivity contribution in [1.82, 2.24) is 15.3 Å². The molecule has 6 nitrogen and oxygen atoms in total. The molecule has 0 fully saturated rings. The second kappa shape index (κ2) is 6.81. The number of hydrogen-bond acceptors (Lipinski definition) is 4. The van der Waals surface area contributed by atoms with Gasteiger partial charge in [-0.3, -0.25) is 4.79 Å². The van der Waals surface area contributed by atoms with Crippen molar-refractivity contribution in [2.45, 2.75) is 12.5 Å². The number of aromatic amines is 1. The molecule has 4 rings (SSSR count). The standard InChI is InChI=1S/C19H14FN3O3S/c20-11-5-6-12-13(8-11)22-17(21-12)9-14(19(25)26)23-18(24)16-7-10-3-1-2-4-15(10)27-16/h1-8,14H,9H2,(H,21,22)(H,23,24)(H,25,26)/t14-/m0/s1. The molecule has 0 saturated heterocycles. The lowest BCUT2D eigenvalue weighted by molar-refractivity contribution is -0.139. The molecular formula is C19H14FN3O3S. The van der Waals surface area contributed by atoms with Crippen LogP contribution in [0.5, 0.6) is 0 Å². The summed E-state index contributed by atoms with van der Waals surface area (Å²) in [4.78, 5) is 31.7. The fourth-order valence-electron chi connectivity index (χ4n) is 2.85. The van der Waals surface area contributed by atoms with Crippen LogP contribution in [-0.4, -0.2) is 33.0 Å². The molecule has 0 bridgehead atoms. The fourth-order valence-corrected chi connectivity index (χ4v) is 3.81. The Hall–Kier alpha value is -3.26. The quantitative estimate of drug-likeness (QED) is 0.493. The summed E-state index contributed by atoms with van der Waals surface area (Å²) in [7, 11) is 0. The maximum Gasteiger partial charge on any atom is 0.326 e. The van der Waals surface area contributed by atoms with E-state index in [1.807, 2.05) is 24.3 Å². The van der Waals surface area contributed by atoms with Crippen molar-refractivity contribution in [2.75, 3.05) is 0 Å². The summed E-state index contributed by atoms with van der Waals surface area (Å²) < 4.78 is 14.2. The van der Waals surface area contributed by atoms with Crippen LogP contribution >= 0.6 is 11.3 Å². The number of nitrogens with zero attached hydrogens (tertiary/aromatic N) is 1. The Balaban J connectivity index is 1.54. The SMILES string of the molecule is O=C(N[C@@H](Cc1nc2ccc(F)cc2[nH]1)C(=O)O)c1cc2ccccc2s1. The highest BCUT2D eigenvalue weighted by molar-refractivity contribution is 7.20. The average Bonchev–Trinajstić information content (AvgIpc) is 3.23. The van der Waals surface area contributed by atoms with Gasteiger partial charge in [0.15, 0.2) is 0 Å². The predicted molar refractivity (Wildman–Crippen MR) is 100 cm³/mol. The van der Waals surface area contributed by atoms with Crippen LogP contribution in [0.15, 0.2) is 48.5 Å². The van der Waals surface area contributed by atoms with Crippen LogP contribution in [0.1, 0.15) is 15.5 Å². The molecule has 0 radical (unpaired) electrons. The molecule has 0 aliphatic rings. The van der Waals surface area contributed by atoms with Crippen LogP contribution < -0.4 is 5.32 Å². The molecule has 3 N–H and O–H groups in total. The lowest BCUT2D eigenvalue weighted by Gasteiger charge is -2.12. The Morgan fingerprint density at radius 1 is 1.22 bits per heavy atom. The number of hydrogen-bond donors (Lipinski definition) is 3. The first kappa shape index (κ1) is 17.2. The molecule has 8 heteroatoms. The first-order valence-corrected chi connectivity index (χ1v) is 8.97. The van der Waals surface area contributed by atoms with Gasteiger partial charge in [0.05, 0.1) is 15.9 Å². The van der Waals surface area contributed by atoms with Crippen molar-refractivity contribution in [3.63, 3.8) is 0 Å². The number of carbonyl (C=O) groups excluding carboxylic acids is 1. The number of benzene rings is 2. The van der Waals surface area contributed by atoms with Gasteiger partial charge in [-0.1, -0.05) is 18.2 Å². The minimum absolute atomic E-state index is 0.0394. The lowest BCUT2D eigenvalue weighted by Crippen LogP contribution is -2.42. The highest BCUT2D eigenvalue weighted by Crippen LogP contribution is 2.25. The van der Waals surface area contributed by atoms with Gasteiger partial charge in [0.25, 0.3) is 5.91 Å². The number of carboxylic acid groups (broad SMARTS) is 1. The summed E-state index contributed by atoms with van der Waals surface area (Å²) in [5.74, 6) is -1.67. The van der Waals surface area contributed by atoms with Gasteiger partial charge >= 0.3 is 5.97 Å². The van der Waals surface area contributed by atoms with Crippen molar-refractivity contribution in [3.8, 4) is 0 Å². The average molecular weight is 383 g/mol. The summed E-state index contributed by atoms with van der Waals surface area (Å²) in [5, 5.41) is 12.9. The number of amides is 1. The second-order valence-corrected chi connectivity index (χ2v) is 7.15. The normalized spacial score (nSPS) is 12.3. The maximum atomic E-state index is 13.3. The van der Waals surface area contributed by atoms with E-state index in [9.17, 15) is 19.1 Å². The minimum Gasteiger partial charge on any atom is -0.480 e. The van der Waals surface area contributed by atoms with Crippen LogP contribution in [0.4, 0.5) is 4.39 Å². The number of aliphatic carboxylic acids is 1. The Kier molecular flexibility index (Phi) is 4.33. The zero-order chi connectivity index (χ0) is 19.0. The number of imidazole rings is 1. The highest BCUT2D eigenvalue weighted by Gasteiger charge is 2.23. The van der Waals surface area contributed by atoms with E-state index in [0.717, 1.165) is 10.1 Å². The molecule has 0 spiro atoms. The number of carboxylic acids is 1. The summed E-state index contributed by atoms with van der Waals surface area (Å²) in [6, 6.07) is 12.2. The summed E-state index contributed by atoms with van der Waals surface area (Å²) in [6.07, 6.45) is -0.0394. The monoisotopic (exact) mass is 383 g/mol. The lowest BCUT2D eigenvalue weighted by atomic mass is 10.2. The first-order valence-electron chi connectivity index (χ1n) is 8.16. The smallest absolute Gasteiger partial charge is 0.326 e. The molecular weight excluding hydrogens is 369 g/mol. The molecule has 4 aromatic rings. The van der Waals surface area contributed by atoms with E-state index < -0.39 is 23.7 Å². The molecule has 27 heavy (non-hydrogen) atoms. The third kappa shape index (κ3) is 3.52. The van der Waals surface area contributed by atoms with Crippen LogP contribution in [0.25, 0.3) is 21.1 Å². The molecule has 0 unspecified atom stereocenters. The van der Waals surface area contributed by atoms with Crippen molar-refractivity contribution < 1.29 is 19.1 Å². The Morgan fingerprint density at radius 3 is 2.81 bits per heavy atom. The van der Waals surface area contributed by atoms with Crippen molar-refractivity contribution >= 4 is 44.3 Å². The van der Waals surface area contributed by atoms with Gasteiger partial charge in [-0.2, -0.15) is 0 Å². The largest absolute Gasteiger partial charge is 0.480 e. The molecule has 2 aromatic heterocycles. The number of thiophene rings is 1. The number of aromatic nitrogens is 2. The Morgan fingerprint density at radius 2 is 2.04 bits per heavy atom. The molecule has 0 aliphatic heterocycles. The van der Waals surface area contributed by atoms with E-state index in [0.29, 0.717) is 21.7 Å². The molecule has 1 atom stereocenters. The zero-order valence-electron chi connectivity index (χ0n) is 13.9.